The molecule has 1 N–H and O–H groups in total. The van der Waals surface area contributed by atoms with Crippen LogP contribution in [0, 0.1) is 11.8 Å². The summed E-state index contributed by atoms with van der Waals surface area (Å²) in [5.41, 5.74) is 1.91. The molecule has 1 aromatic carbocycles. The molecule has 2 aromatic rings. The SMILES string of the molecule is O=C1C2CCC(C2)C(=O)N1CCc1nc2ccccc2[nH]1. The zero-order valence-electron chi connectivity index (χ0n) is 11.7. The molecule has 0 spiro atoms. The number of piperidine rings is 1. The second-order valence-corrected chi connectivity index (χ2v) is 5.99. The fraction of sp³-hybridized carbons (Fsp3) is 0.438. The highest BCUT2D eigenvalue weighted by atomic mass is 16.2. The minimum atomic E-state index is 0.0184. The van der Waals surface area contributed by atoms with E-state index >= 15 is 0 Å². The van der Waals surface area contributed by atoms with Crippen LogP contribution in [-0.4, -0.2) is 33.2 Å². The van der Waals surface area contributed by atoms with Gasteiger partial charge in [0.15, 0.2) is 0 Å². The number of carbonyl (C=O) groups excluding carboxylic acids is 2. The van der Waals surface area contributed by atoms with Crippen LogP contribution >= 0.6 is 0 Å². The molecule has 1 saturated heterocycles. The van der Waals surface area contributed by atoms with Gasteiger partial charge in [-0.05, 0) is 31.4 Å². The average molecular weight is 283 g/mol. The molecule has 1 aliphatic heterocycles. The third-order valence-corrected chi connectivity index (χ3v) is 4.67. The average Bonchev–Trinajstić information content (AvgIpc) is 3.10. The van der Waals surface area contributed by atoms with E-state index < -0.39 is 0 Å². The molecule has 2 amide bonds. The Labute approximate surface area is 122 Å². The molecule has 5 heteroatoms. The van der Waals surface area contributed by atoms with Gasteiger partial charge in [-0.15, -0.1) is 0 Å². The van der Waals surface area contributed by atoms with Crippen molar-refractivity contribution in [2.24, 2.45) is 11.8 Å². The lowest BCUT2D eigenvalue weighted by Gasteiger charge is -2.29. The Morgan fingerprint density at radius 1 is 1.14 bits per heavy atom. The maximum absolute atomic E-state index is 12.3. The van der Waals surface area contributed by atoms with Crippen molar-refractivity contribution < 1.29 is 9.59 Å². The maximum Gasteiger partial charge on any atom is 0.232 e. The van der Waals surface area contributed by atoms with Crippen molar-refractivity contribution in [3.05, 3.63) is 30.1 Å². The van der Waals surface area contributed by atoms with Gasteiger partial charge < -0.3 is 4.98 Å². The first-order valence-corrected chi connectivity index (χ1v) is 7.51. The lowest BCUT2D eigenvalue weighted by molar-refractivity contribution is -0.152. The zero-order chi connectivity index (χ0) is 14.4. The Bertz CT molecular complexity index is 666. The first kappa shape index (κ1) is 12.6. The van der Waals surface area contributed by atoms with Crippen molar-refractivity contribution in [2.75, 3.05) is 6.54 Å². The van der Waals surface area contributed by atoms with Crippen LogP contribution in [0.3, 0.4) is 0 Å². The first-order valence-electron chi connectivity index (χ1n) is 7.51. The molecule has 108 valence electrons. The molecule has 2 unspecified atom stereocenters. The molecule has 1 aliphatic carbocycles. The number of carbonyl (C=O) groups is 2. The number of hydrogen-bond donors (Lipinski definition) is 1. The summed E-state index contributed by atoms with van der Waals surface area (Å²) in [6, 6.07) is 7.83. The van der Waals surface area contributed by atoms with Crippen molar-refractivity contribution >= 4 is 22.8 Å². The summed E-state index contributed by atoms with van der Waals surface area (Å²) in [6.45, 7) is 0.435. The first-order chi connectivity index (χ1) is 10.2. The van der Waals surface area contributed by atoms with Crippen molar-refractivity contribution in [3.8, 4) is 0 Å². The van der Waals surface area contributed by atoms with Gasteiger partial charge in [0.25, 0.3) is 0 Å². The highest BCUT2D eigenvalue weighted by molar-refractivity contribution is 6.00. The second kappa shape index (κ2) is 4.69. The smallest absolute Gasteiger partial charge is 0.232 e. The van der Waals surface area contributed by atoms with Crippen molar-refractivity contribution in [2.45, 2.75) is 25.7 Å². The number of hydrogen-bond acceptors (Lipinski definition) is 3. The van der Waals surface area contributed by atoms with Crippen LogP contribution in [0.2, 0.25) is 0 Å². The largest absolute Gasteiger partial charge is 0.342 e. The normalized spacial score (nSPS) is 25.0. The van der Waals surface area contributed by atoms with E-state index in [1.807, 2.05) is 24.3 Å². The third kappa shape index (κ3) is 2.04. The summed E-state index contributed by atoms with van der Waals surface area (Å²) >= 11 is 0. The van der Waals surface area contributed by atoms with Crippen LogP contribution in [0.15, 0.2) is 24.3 Å². The minimum absolute atomic E-state index is 0.0184. The van der Waals surface area contributed by atoms with E-state index in [9.17, 15) is 9.59 Å². The van der Waals surface area contributed by atoms with E-state index in [1.54, 1.807) is 0 Å². The molecular formula is C16H17N3O2. The number of imidazole rings is 1. The Kier molecular flexibility index (Phi) is 2.80. The summed E-state index contributed by atoms with van der Waals surface area (Å²) in [6.07, 6.45) is 3.09. The zero-order valence-corrected chi connectivity index (χ0v) is 11.7. The van der Waals surface area contributed by atoms with Gasteiger partial charge in [-0.3, -0.25) is 14.5 Å². The number of nitrogens with zero attached hydrogens (tertiary/aromatic N) is 2. The number of imide groups is 1. The number of amides is 2. The number of aromatic amines is 1. The van der Waals surface area contributed by atoms with Crippen LogP contribution in [0.4, 0.5) is 0 Å². The number of benzene rings is 1. The lowest BCUT2D eigenvalue weighted by Crippen LogP contribution is -2.47. The van der Waals surface area contributed by atoms with Gasteiger partial charge in [-0.25, -0.2) is 4.98 Å². The van der Waals surface area contributed by atoms with Crippen LogP contribution < -0.4 is 0 Å². The molecule has 2 aliphatic rings. The van der Waals surface area contributed by atoms with E-state index in [0.29, 0.717) is 13.0 Å². The van der Waals surface area contributed by atoms with Gasteiger partial charge in [0.2, 0.25) is 11.8 Å². The number of H-pyrrole nitrogens is 1. The summed E-state index contributed by atoms with van der Waals surface area (Å²) in [5.74, 6) is 1.01. The topological polar surface area (TPSA) is 66.1 Å². The highest BCUT2D eigenvalue weighted by Crippen LogP contribution is 2.38. The molecule has 2 heterocycles. The molecule has 0 radical (unpaired) electrons. The van der Waals surface area contributed by atoms with Crippen molar-refractivity contribution in [1.82, 2.24) is 14.9 Å². The van der Waals surface area contributed by atoms with Crippen LogP contribution in [0.5, 0.6) is 0 Å². The number of aromatic nitrogens is 2. The maximum atomic E-state index is 12.3. The Morgan fingerprint density at radius 3 is 2.57 bits per heavy atom. The van der Waals surface area contributed by atoms with E-state index in [-0.39, 0.29) is 23.7 Å². The van der Waals surface area contributed by atoms with Gasteiger partial charge in [-0.2, -0.15) is 0 Å². The molecule has 1 saturated carbocycles. The fourth-order valence-corrected chi connectivity index (χ4v) is 3.54. The molecule has 5 nitrogen and oxygen atoms in total. The molecule has 2 fully saturated rings. The standard InChI is InChI=1S/C16H17N3O2/c20-15-10-5-6-11(9-10)16(21)19(15)8-7-14-17-12-3-1-2-4-13(12)18-14/h1-4,10-11H,5-9H2,(H,17,18). The number of nitrogens with one attached hydrogen (secondary N) is 1. The summed E-state index contributed by atoms with van der Waals surface area (Å²) in [7, 11) is 0. The second-order valence-electron chi connectivity index (χ2n) is 5.99. The molecular weight excluding hydrogens is 266 g/mol. The predicted molar refractivity (Wildman–Crippen MR) is 77.3 cm³/mol. The van der Waals surface area contributed by atoms with Crippen LogP contribution in [0.1, 0.15) is 25.1 Å². The number of para-hydroxylation sites is 2. The predicted octanol–water partition coefficient (Wildman–Crippen LogP) is 1.89. The summed E-state index contributed by atoms with van der Waals surface area (Å²) in [5, 5.41) is 0. The van der Waals surface area contributed by atoms with Gasteiger partial charge >= 0.3 is 0 Å². The quantitative estimate of drug-likeness (QED) is 0.875. The van der Waals surface area contributed by atoms with E-state index in [2.05, 4.69) is 9.97 Å². The van der Waals surface area contributed by atoms with Crippen LogP contribution in [0.25, 0.3) is 11.0 Å². The van der Waals surface area contributed by atoms with Gasteiger partial charge in [0.05, 0.1) is 11.0 Å². The molecule has 4 rings (SSSR count). The third-order valence-electron chi connectivity index (χ3n) is 4.67. The number of fused-ring (bicyclic) bond motifs is 3. The minimum Gasteiger partial charge on any atom is -0.342 e. The number of rotatable bonds is 3. The number of likely N-dealkylation sites (tertiary alicyclic amines) is 1. The van der Waals surface area contributed by atoms with E-state index in [0.717, 1.165) is 36.1 Å². The Morgan fingerprint density at radius 2 is 1.86 bits per heavy atom. The highest BCUT2D eigenvalue weighted by Gasteiger charge is 2.44. The van der Waals surface area contributed by atoms with Crippen LogP contribution in [-0.2, 0) is 16.0 Å². The van der Waals surface area contributed by atoms with E-state index in [4.69, 9.17) is 0 Å². The Balaban J connectivity index is 1.51. The summed E-state index contributed by atoms with van der Waals surface area (Å²) in [4.78, 5) is 33.7. The fourth-order valence-electron chi connectivity index (χ4n) is 3.54. The van der Waals surface area contributed by atoms with Crippen molar-refractivity contribution in [1.29, 1.82) is 0 Å². The molecule has 1 aromatic heterocycles. The molecule has 21 heavy (non-hydrogen) atoms. The van der Waals surface area contributed by atoms with Gasteiger partial charge in [0.1, 0.15) is 5.82 Å². The van der Waals surface area contributed by atoms with Gasteiger partial charge in [-0.1, -0.05) is 12.1 Å². The van der Waals surface area contributed by atoms with E-state index in [1.165, 1.54) is 4.90 Å². The molecule has 2 atom stereocenters. The van der Waals surface area contributed by atoms with Gasteiger partial charge in [0, 0.05) is 24.8 Å². The monoisotopic (exact) mass is 283 g/mol. The summed E-state index contributed by atoms with van der Waals surface area (Å²) < 4.78 is 0. The molecule has 2 bridgehead atoms. The Hall–Kier alpha value is -2.17. The lowest BCUT2D eigenvalue weighted by atomic mass is 9.97. The van der Waals surface area contributed by atoms with Crippen molar-refractivity contribution in [3.63, 3.8) is 0 Å².